The van der Waals surface area contributed by atoms with Crippen molar-refractivity contribution in [1.29, 1.82) is 0 Å². The average molecular weight is 444 g/mol. The summed E-state index contributed by atoms with van der Waals surface area (Å²) in [5.41, 5.74) is 1.19. The number of carbonyl (C=O) groups is 1. The molecule has 0 unspecified atom stereocenters. The third kappa shape index (κ3) is 8.53. The molecule has 5 heteroatoms. The van der Waals surface area contributed by atoms with Crippen LogP contribution in [0.25, 0.3) is 0 Å². The Kier molecular flexibility index (Phi) is 11.7. The summed E-state index contributed by atoms with van der Waals surface area (Å²) in [7, 11) is 0. The van der Waals surface area contributed by atoms with E-state index >= 15 is 0 Å². The SMILES string of the molecule is CCN(CC)C(=O)CCC/C=C/C[C@@H]1[C@@H](/C=C/[C@@H](O)CCc2ccccc2)[C@H](O)C[C@@H]1O. The molecule has 1 aliphatic carbocycles. The fourth-order valence-electron chi connectivity index (χ4n) is 4.50. The van der Waals surface area contributed by atoms with E-state index in [-0.39, 0.29) is 17.7 Å². The van der Waals surface area contributed by atoms with Gasteiger partial charge in [-0.25, -0.2) is 0 Å². The Morgan fingerprint density at radius 1 is 1.12 bits per heavy atom. The zero-order valence-electron chi connectivity index (χ0n) is 19.6. The second-order valence-electron chi connectivity index (χ2n) is 8.75. The molecule has 32 heavy (non-hydrogen) atoms. The van der Waals surface area contributed by atoms with Gasteiger partial charge in [0.25, 0.3) is 0 Å². The van der Waals surface area contributed by atoms with Crippen molar-refractivity contribution in [2.24, 2.45) is 11.8 Å². The molecule has 5 atom stereocenters. The van der Waals surface area contributed by atoms with Crippen LogP contribution in [0.3, 0.4) is 0 Å². The highest BCUT2D eigenvalue weighted by Crippen LogP contribution is 2.36. The van der Waals surface area contributed by atoms with Gasteiger partial charge in [0.15, 0.2) is 0 Å². The van der Waals surface area contributed by atoms with Gasteiger partial charge in [0.05, 0.1) is 18.3 Å². The molecule has 5 nitrogen and oxygen atoms in total. The Hall–Kier alpha value is -1.95. The Morgan fingerprint density at radius 2 is 1.84 bits per heavy atom. The molecule has 0 aromatic heterocycles. The van der Waals surface area contributed by atoms with Gasteiger partial charge in [-0.15, -0.1) is 0 Å². The van der Waals surface area contributed by atoms with Crippen molar-refractivity contribution in [3.05, 3.63) is 60.2 Å². The van der Waals surface area contributed by atoms with Crippen molar-refractivity contribution in [3.63, 3.8) is 0 Å². The van der Waals surface area contributed by atoms with Gasteiger partial charge in [0.2, 0.25) is 5.91 Å². The van der Waals surface area contributed by atoms with Gasteiger partial charge in [0, 0.05) is 31.8 Å². The average Bonchev–Trinajstić information content (AvgIpc) is 3.06. The molecule has 1 aliphatic rings. The van der Waals surface area contributed by atoms with Crippen LogP contribution in [0.15, 0.2) is 54.6 Å². The molecule has 1 saturated carbocycles. The zero-order valence-corrected chi connectivity index (χ0v) is 19.6. The first-order valence-corrected chi connectivity index (χ1v) is 12.1. The van der Waals surface area contributed by atoms with Crippen LogP contribution in [0.5, 0.6) is 0 Å². The van der Waals surface area contributed by atoms with Crippen molar-refractivity contribution in [3.8, 4) is 0 Å². The lowest BCUT2D eigenvalue weighted by Gasteiger charge is -2.20. The van der Waals surface area contributed by atoms with Gasteiger partial charge in [-0.05, 0) is 57.4 Å². The highest BCUT2D eigenvalue weighted by Gasteiger charge is 2.39. The first-order chi connectivity index (χ1) is 15.5. The molecule has 0 saturated heterocycles. The summed E-state index contributed by atoms with van der Waals surface area (Å²) >= 11 is 0. The minimum absolute atomic E-state index is 0.0591. The maximum absolute atomic E-state index is 12.0. The van der Waals surface area contributed by atoms with Gasteiger partial charge in [0.1, 0.15) is 0 Å². The molecule has 0 aliphatic heterocycles. The van der Waals surface area contributed by atoms with Crippen LogP contribution in [0.2, 0.25) is 0 Å². The number of allylic oxidation sites excluding steroid dienone is 2. The second kappa shape index (κ2) is 14.2. The quantitative estimate of drug-likeness (QED) is 0.319. The van der Waals surface area contributed by atoms with E-state index in [1.807, 2.05) is 43.0 Å². The van der Waals surface area contributed by atoms with Crippen LogP contribution in [0.1, 0.15) is 57.9 Å². The first-order valence-electron chi connectivity index (χ1n) is 12.1. The van der Waals surface area contributed by atoms with Crippen LogP contribution in [0.4, 0.5) is 0 Å². The summed E-state index contributed by atoms with van der Waals surface area (Å²) in [5.74, 6) is -0.0184. The molecule has 3 N–H and O–H groups in total. The molecule has 1 fully saturated rings. The predicted octanol–water partition coefficient (Wildman–Crippen LogP) is 3.88. The molecule has 2 rings (SSSR count). The van der Waals surface area contributed by atoms with E-state index < -0.39 is 18.3 Å². The molecular weight excluding hydrogens is 402 g/mol. The normalized spacial score (nSPS) is 24.4. The summed E-state index contributed by atoms with van der Waals surface area (Å²) in [6.07, 6.45) is 10.8. The standard InChI is InChI=1S/C27H41NO4/c1-3-28(4-2)27(32)15-11-6-5-10-14-23-24(26(31)20-25(23)30)19-18-22(29)17-16-21-12-8-7-9-13-21/h5,7-10,12-13,18-19,22-26,29-31H,3-4,6,11,14-17,20H2,1-2H3/b10-5+,19-18+/t22-,23+,24+,25-,26+/m0/s1. The molecule has 0 radical (unpaired) electrons. The van der Waals surface area contributed by atoms with Crippen molar-refractivity contribution in [2.45, 2.75) is 77.1 Å². The minimum atomic E-state index is -0.590. The maximum atomic E-state index is 12.0. The summed E-state index contributed by atoms with van der Waals surface area (Å²) in [6.45, 7) is 5.50. The van der Waals surface area contributed by atoms with Crippen molar-refractivity contribution in [2.75, 3.05) is 13.1 Å². The summed E-state index contributed by atoms with van der Waals surface area (Å²) in [4.78, 5) is 13.9. The van der Waals surface area contributed by atoms with E-state index in [9.17, 15) is 20.1 Å². The van der Waals surface area contributed by atoms with Crippen molar-refractivity contribution in [1.82, 2.24) is 4.90 Å². The van der Waals surface area contributed by atoms with E-state index in [2.05, 4.69) is 24.3 Å². The Balaban J connectivity index is 1.77. The van der Waals surface area contributed by atoms with Crippen LogP contribution in [0, 0.1) is 11.8 Å². The van der Waals surface area contributed by atoms with Crippen LogP contribution in [-0.4, -0.2) is 57.5 Å². The number of aliphatic hydroxyl groups is 3. The summed E-state index contributed by atoms with van der Waals surface area (Å²) in [5, 5.41) is 31.1. The lowest BCUT2D eigenvalue weighted by molar-refractivity contribution is -0.130. The molecule has 1 aromatic carbocycles. The zero-order chi connectivity index (χ0) is 23.3. The number of aryl methyl sites for hydroxylation is 1. The number of benzene rings is 1. The number of unbranched alkanes of at least 4 members (excludes halogenated alkanes) is 1. The van der Waals surface area contributed by atoms with Crippen LogP contribution in [-0.2, 0) is 11.2 Å². The number of hydrogen-bond donors (Lipinski definition) is 3. The number of amides is 1. The fourth-order valence-corrected chi connectivity index (χ4v) is 4.50. The highest BCUT2D eigenvalue weighted by atomic mass is 16.3. The number of carbonyl (C=O) groups excluding carboxylic acids is 1. The molecular formula is C27H41NO4. The number of rotatable bonds is 13. The Bertz CT molecular complexity index is 714. The summed E-state index contributed by atoms with van der Waals surface area (Å²) in [6, 6.07) is 10.1. The molecule has 0 heterocycles. The maximum Gasteiger partial charge on any atom is 0.222 e. The molecule has 1 amide bonds. The largest absolute Gasteiger partial charge is 0.393 e. The highest BCUT2D eigenvalue weighted by molar-refractivity contribution is 5.76. The van der Waals surface area contributed by atoms with Gasteiger partial charge in [-0.3, -0.25) is 4.79 Å². The van der Waals surface area contributed by atoms with E-state index in [1.165, 1.54) is 5.56 Å². The van der Waals surface area contributed by atoms with Gasteiger partial charge < -0.3 is 20.2 Å². The number of aliphatic hydroxyl groups excluding tert-OH is 3. The molecule has 178 valence electrons. The topological polar surface area (TPSA) is 81.0 Å². The Labute approximate surface area is 193 Å². The first kappa shape index (κ1) is 26.3. The lowest BCUT2D eigenvalue weighted by Crippen LogP contribution is -2.30. The van der Waals surface area contributed by atoms with Crippen molar-refractivity contribution < 1.29 is 20.1 Å². The van der Waals surface area contributed by atoms with Crippen LogP contribution >= 0.6 is 0 Å². The third-order valence-corrected chi connectivity index (χ3v) is 6.50. The van der Waals surface area contributed by atoms with Crippen LogP contribution < -0.4 is 0 Å². The number of nitrogens with zero attached hydrogens (tertiary/aromatic N) is 1. The van der Waals surface area contributed by atoms with E-state index in [0.29, 0.717) is 25.7 Å². The fraction of sp³-hybridized carbons (Fsp3) is 0.593. The van der Waals surface area contributed by atoms with E-state index in [4.69, 9.17) is 0 Å². The number of hydrogen-bond acceptors (Lipinski definition) is 4. The van der Waals surface area contributed by atoms with E-state index in [1.54, 1.807) is 6.08 Å². The summed E-state index contributed by atoms with van der Waals surface area (Å²) < 4.78 is 0. The van der Waals surface area contributed by atoms with Gasteiger partial charge >= 0.3 is 0 Å². The van der Waals surface area contributed by atoms with Gasteiger partial charge in [-0.2, -0.15) is 0 Å². The molecule has 0 bridgehead atoms. The Morgan fingerprint density at radius 3 is 2.53 bits per heavy atom. The third-order valence-electron chi connectivity index (χ3n) is 6.50. The molecule has 1 aromatic rings. The molecule has 0 spiro atoms. The second-order valence-corrected chi connectivity index (χ2v) is 8.75. The predicted molar refractivity (Wildman–Crippen MR) is 129 cm³/mol. The lowest BCUT2D eigenvalue weighted by atomic mass is 9.89. The van der Waals surface area contributed by atoms with Gasteiger partial charge in [-0.1, -0.05) is 54.6 Å². The monoisotopic (exact) mass is 443 g/mol. The minimum Gasteiger partial charge on any atom is -0.393 e. The van der Waals surface area contributed by atoms with E-state index in [0.717, 1.165) is 32.4 Å². The van der Waals surface area contributed by atoms with Crippen molar-refractivity contribution >= 4 is 5.91 Å². The smallest absolute Gasteiger partial charge is 0.222 e.